The van der Waals surface area contributed by atoms with Gasteiger partial charge in [0.2, 0.25) is 10.0 Å². The Morgan fingerprint density at radius 2 is 2.00 bits per heavy atom. The Morgan fingerprint density at radius 3 is 2.45 bits per heavy atom. The largest absolute Gasteiger partial charge is 0.349 e. The molecule has 1 aromatic heterocycles. The summed E-state index contributed by atoms with van der Waals surface area (Å²) in [7, 11) is -3.47. The first-order valence-corrected chi connectivity index (χ1v) is 8.75. The Hall–Kier alpha value is -0.850. The molecule has 0 bridgehead atoms. The maximum Gasteiger partial charge on any atom is 0.242 e. The summed E-state index contributed by atoms with van der Waals surface area (Å²) in [5, 5.41) is 0. The maximum absolute atomic E-state index is 12.4. The molecule has 0 aliphatic heterocycles. The lowest BCUT2D eigenvalue weighted by Gasteiger charge is -2.20. The van der Waals surface area contributed by atoms with Gasteiger partial charge in [0.1, 0.15) is 0 Å². The molecule has 1 atom stereocenters. The first-order valence-electron chi connectivity index (χ1n) is 7.27. The fraction of sp³-hybridized carbons (Fsp3) is 0.714. The van der Waals surface area contributed by atoms with E-state index in [1.165, 1.54) is 0 Å². The summed E-state index contributed by atoms with van der Waals surface area (Å²) in [5.41, 5.74) is 6.53. The zero-order valence-corrected chi connectivity index (χ0v) is 13.7. The summed E-state index contributed by atoms with van der Waals surface area (Å²) in [5.74, 6) is 0.265. The lowest BCUT2D eigenvalue weighted by Crippen LogP contribution is -2.37. The van der Waals surface area contributed by atoms with E-state index in [-0.39, 0.29) is 12.0 Å². The van der Waals surface area contributed by atoms with Crippen LogP contribution in [0.1, 0.15) is 46.2 Å². The first kappa shape index (κ1) is 17.2. The van der Waals surface area contributed by atoms with E-state index in [0.717, 1.165) is 25.1 Å². The van der Waals surface area contributed by atoms with Crippen LogP contribution in [-0.4, -0.2) is 19.0 Å². The Kier molecular flexibility index (Phi) is 6.23. The summed E-state index contributed by atoms with van der Waals surface area (Å²) in [4.78, 5) is 0.311. The molecule has 0 saturated carbocycles. The molecule has 1 heterocycles. The molecule has 0 aliphatic rings. The molecule has 0 fully saturated rings. The van der Waals surface area contributed by atoms with Gasteiger partial charge in [-0.3, -0.25) is 0 Å². The minimum absolute atomic E-state index is 0.0455. The third kappa shape index (κ3) is 4.07. The van der Waals surface area contributed by atoms with Gasteiger partial charge in [0.15, 0.2) is 0 Å². The molecule has 0 amide bonds. The molecule has 6 heteroatoms. The number of aryl methyl sites for hydroxylation is 1. The van der Waals surface area contributed by atoms with Gasteiger partial charge < -0.3 is 10.3 Å². The molecule has 0 radical (unpaired) electrons. The van der Waals surface area contributed by atoms with E-state index >= 15 is 0 Å². The zero-order chi connectivity index (χ0) is 15.3. The molecule has 0 aliphatic carbocycles. The van der Waals surface area contributed by atoms with E-state index in [1.54, 1.807) is 12.3 Å². The minimum atomic E-state index is -3.47. The number of aromatic nitrogens is 1. The van der Waals surface area contributed by atoms with Crippen molar-refractivity contribution in [3.05, 3.63) is 18.0 Å². The van der Waals surface area contributed by atoms with Crippen molar-refractivity contribution in [2.24, 2.45) is 11.7 Å². The predicted molar refractivity (Wildman–Crippen MR) is 81.9 cm³/mol. The van der Waals surface area contributed by atoms with Gasteiger partial charge >= 0.3 is 0 Å². The predicted octanol–water partition coefficient (Wildman–Crippen LogP) is 2.07. The van der Waals surface area contributed by atoms with Crippen molar-refractivity contribution in [3.8, 4) is 0 Å². The zero-order valence-electron chi connectivity index (χ0n) is 12.9. The van der Waals surface area contributed by atoms with Crippen molar-refractivity contribution in [3.63, 3.8) is 0 Å². The highest BCUT2D eigenvalue weighted by atomic mass is 32.2. The van der Waals surface area contributed by atoms with Crippen LogP contribution in [0, 0.1) is 5.92 Å². The third-order valence-electron chi connectivity index (χ3n) is 3.50. The summed E-state index contributed by atoms with van der Waals surface area (Å²) >= 11 is 0. The second-order valence-corrected chi connectivity index (χ2v) is 7.16. The molecule has 0 aromatic carbocycles. The van der Waals surface area contributed by atoms with Crippen LogP contribution in [0.5, 0.6) is 0 Å². The smallest absolute Gasteiger partial charge is 0.242 e. The van der Waals surface area contributed by atoms with Crippen LogP contribution >= 0.6 is 0 Å². The average Bonchev–Trinajstić information content (AvgIpc) is 2.80. The van der Waals surface area contributed by atoms with Crippen LogP contribution in [0.2, 0.25) is 0 Å². The molecular formula is C14H27N3O2S. The molecule has 0 saturated heterocycles. The molecule has 3 N–H and O–H groups in total. The van der Waals surface area contributed by atoms with Crippen molar-refractivity contribution in [1.29, 1.82) is 0 Å². The molecule has 116 valence electrons. The highest BCUT2D eigenvalue weighted by Crippen LogP contribution is 2.17. The Balaban J connectivity index is 3.03. The summed E-state index contributed by atoms with van der Waals surface area (Å²) in [6.45, 7) is 9.20. The molecule has 1 aromatic rings. The van der Waals surface area contributed by atoms with Gasteiger partial charge in [0.25, 0.3) is 0 Å². The van der Waals surface area contributed by atoms with Gasteiger partial charge in [-0.15, -0.1) is 0 Å². The second-order valence-electron chi connectivity index (χ2n) is 5.44. The van der Waals surface area contributed by atoms with Crippen molar-refractivity contribution >= 4 is 10.0 Å². The topological polar surface area (TPSA) is 77.1 Å². The van der Waals surface area contributed by atoms with Gasteiger partial charge in [-0.05, 0) is 24.8 Å². The second kappa shape index (κ2) is 7.24. The number of nitrogens with two attached hydrogens (primary N) is 1. The summed E-state index contributed by atoms with van der Waals surface area (Å²) in [6.07, 6.45) is 3.40. The lowest BCUT2D eigenvalue weighted by molar-refractivity contribution is 0.437. The van der Waals surface area contributed by atoms with E-state index in [4.69, 9.17) is 5.73 Å². The molecule has 1 rings (SSSR count). The highest BCUT2D eigenvalue weighted by Gasteiger charge is 2.23. The van der Waals surface area contributed by atoms with E-state index in [1.807, 2.05) is 25.3 Å². The van der Waals surface area contributed by atoms with Crippen LogP contribution in [0.15, 0.2) is 17.2 Å². The highest BCUT2D eigenvalue weighted by molar-refractivity contribution is 7.89. The summed E-state index contributed by atoms with van der Waals surface area (Å²) in [6, 6.07) is 1.63. The van der Waals surface area contributed by atoms with Crippen LogP contribution in [0.4, 0.5) is 0 Å². The van der Waals surface area contributed by atoms with E-state index in [9.17, 15) is 8.42 Å². The normalized spacial score (nSPS) is 13.9. The van der Waals surface area contributed by atoms with E-state index < -0.39 is 10.0 Å². The summed E-state index contributed by atoms with van der Waals surface area (Å²) < 4.78 is 29.6. The van der Waals surface area contributed by atoms with Crippen LogP contribution in [-0.2, 0) is 23.1 Å². The number of nitrogens with one attached hydrogen (secondary N) is 1. The van der Waals surface area contributed by atoms with E-state index in [0.29, 0.717) is 11.4 Å². The lowest BCUT2D eigenvalue weighted by atomic mass is 10.0. The molecule has 1 unspecified atom stereocenters. The van der Waals surface area contributed by atoms with Gasteiger partial charge in [-0.25, -0.2) is 13.1 Å². The third-order valence-corrected chi connectivity index (χ3v) is 4.95. The van der Waals surface area contributed by atoms with Gasteiger partial charge in [-0.1, -0.05) is 27.7 Å². The van der Waals surface area contributed by atoms with Crippen LogP contribution < -0.4 is 10.5 Å². The number of hydrogen-bond acceptors (Lipinski definition) is 3. The number of hydrogen-bond donors (Lipinski definition) is 2. The minimum Gasteiger partial charge on any atom is -0.349 e. The van der Waals surface area contributed by atoms with Crippen LogP contribution in [0.25, 0.3) is 0 Å². The van der Waals surface area contributed by atoms with Gasteiger partial charge in [0.05, 0.1) is 4.90 Å². The van der Waals surface area contributed by atoms with E-state index in [2.05, 4.69) is 11.6 Å². The standard InChI is InChI=1S/C14H27N3O2S/c1-5-7-17-10-13(8-12(17)9-15)20(18,19)16-14(6-2)11(3)4/h8,10-11,14,16H,5-7,9,15H2,1-4H3. The number of rotatable bonds is 8. The number of nitrogens with zero attached hydrogens (tertiary/aromatic N) is 1. The number of sulfonamides is 1. The molecule has 0 spiro atoms. The Labute approximate surface area is 122 Å². The van der Waals surface area contributed by atoms with Crippen molar-refractivity contribution in [1.82, 2.24) is 9.29 Å². The van der Waals surface area contributed by atoms with Crippen molar-refractivity contribution in [2.75, 3.05) is 0 Å². The fourth-order valence-electron chi connectivity index (χ4n) is 2.25. The van der Waals surface area contributed by atoms with Crippen LogP contribution in [0.3, 0.4) is 0 Å². The Morgan fingerprint density at radius 1 is 1.35 bits per heavy atom. The van der Waals surface area contributed by atoms with Crippen molar-refractivity contribution < 1.29 is 8.42 Å². The fourth-order valence-corrected chi connectivity index (χ4v) is 3.78. The SMILES string of the molecule is CCCn1cc(S(=O)(=O)NC(CC)C(C)C)cc1CN. The quantitative estimate of drug-likeness (QED) is 0.771. The molecule has 5 nitrogen and oxygen atoms in total. The monoisotopic (exact) mass is 301 g/mol. The average molecular weight is 301 g/mol. The molecular weight excluding hydrogens is 274 g/mol. The van der Waals surface area contributed by atoms with Crippen molar-refractivity contribution in [2.45, 2.75) is 64.6 Å². The maximum atomic E-state index is 12.4. The Bertz CT molecular complexity index is 521. The molecule has 20 heavy (non-hydrogen) atoms. The van der Waals surface area contributed by atoms with Gasteiger partial charge in [0, 0.05) is 31.0 Å². The van der Waals surface area contributed by atoms with Gasteiger partial charge in [-0.2, -0.15) is 0 Å². The first-order chi connectivity index (χ1) is 9.35.